The van der Waals surface area contributed by atoms with E-state index in [2.05, 4.69) is 5.43 Å². The predicted octanol–water partition coefficient (Wildman–Crippen LogP) is -0.322. The number of benzene rings is 1. The third-order valence-corrected chi connectivity index (χ3v) is 4.87. The van der Waals surface area contributed by atoms with Crippen LogP contribution in [0.3, 0.4) is 0 Å². The van der Waals surface area contributed by atoms with E-state index in [1.54, 1.807) is 4.90 Å². The van der Waals surface area contributed by atoms with Gasteiger partial charge in [-0.2, -0.15) is 8.78 Å². The van der Waals surface area contributed by atoms with Gasteiger partial charge in [-0.05, 0) is 18.2 Å². The van der Waals surface area contributed by atoms with Gasteiger partial charge in [0.1, 0.15) is 18.5 Å². The number of alkyl halides is 2. The highest BCUT2D eigenvalue weighted by Gasteiger charge is 2.33. The van der Waals surface area contributed by atoms with Gasteiger partial charge in [0.05, 0.1) is 31.0 Å². The smallest absolute Gasteiger partial charge is 0.414 e. The summed E-state index contributed by atoms with van der Waals surface area (Å²) in [6.07, 6.45) is -4.79. The largest absolute Gasteiger partial charge is 0.442 e. The SMILES string of the molecule is O=C(NCC1CN(c2ccc(N3CCNN(C(=O)CO)CC3)c(F)c2)C(=O)O1)C(F)F. The van der Waals surface area contributed by atoms with Crippen molar-refractivity contribution >= 4 is 29.3 Å². The van der Waals surface area contributed by atoms with Crippen molar-refractivity contribution in [3.05, 3.63) is 24.0 Å². The highest BCUT2D eigenvalue weighted by molar-refractivity contribution is 5.90. The Balaban J connectivity index is 1.63. The lowest BCUT2D eigenvalue weighted by atomic mass is 10.2. The number of hydrogen-bond acceptors (Lipinski definition) is 7. The standard InChI is InChI=1S/C18H22F3N5O5/c19-13-7-11(25-9-12(31-18(25)30)8-22-17(29)16(20)21)1-2-14(13)24-4-3-23-26(6-5-24)15(28)10-27/h1-2,7,12,16,23,27H,3-6,8-10H2,(H,22,29). The van der Waals surface area contributed by atoms with Crippen LogP contribution in [0.2, 0.25) is 0 Å². The molecule has 0 saturated carbocycles. The van der Waals surface area contributed by atoms with Crippen molar-refractivity contribution in [2.45, 2.75) is 12.5 Å². The highest BCUT2D eigenvalue weighted by atomic mass is 19.3. The summed E-state index contributed by atoms with van der Waals surface area (Å²) in [6, 6.07) is 4.17. The lowest BCUT2D eigenvalue weighted by molar-refractivity contribution is -0.137. The quantitative estimate of drug-likeness (QED) is 0.550. The van der Waals surface area contributed by atoms with Crippen molar-refractivity contribution in [2.75, 3.05) is 55.7 Å². The van der Waals surface area contributed by atoms with E-state index in [0.717, 1.165) is 11.0 Å². The lowest BCUT2D eigenvalue weighted by Gasteiger charge is -2.24. The molecule has 0 aromatic heterocycles. The molecule has 1 unspecified atom stereocenters. The topological polar surface area (TPSA) is 114 Å². The Hall–Kier alpha value is -3.06. The Morgan fingerprint density at radius 2 is 2.06 bits per heavy atom. The van der Waals surface area contributed by atoms with Crippen LogP contribution in [0.25, 0.3) is 0 Å². The fourth-order valence-corrected chi connectivity index (χ4v) is 3.32. The summed E-state index contributed by atoms with van der Waals surface area (Å²) in [6.45, 7) is 0.385. The monoisotopic (exact) mass is 445 g/mol. The number of carbonyl (C=O) groups excluding carboxylic acids is 3. The van der Waals surface area contributed by atoms with Gasteiger partial charge in [-0.25, -0.2) is 14.6 Å². The number of aliphatic hydroxyl groups excluding tert-OH is 1. The second-order valence-corrected chi connectivity index (χ2v) is 6.90. The van der Waals surface area contributed by atoms with Gasteiger partial charge in [-0.15, -0.1) is 0 Å². The molecule has 3 amide bonds. The molecule has 0 spiro atoms. The molecule has 2 aliphatic heterocycles. The zero-order valence-electron chi connectivity index (χ0n) is 16.4. The van der Waals surface area contributed by atoms with E-state index < -0.39 is 42.9 Å². The number of cyclic esters (lactones) is 1. The Morgan fingerprint density at radius 3 is 2.74 bits per heavy atom. The van der Waals surface area contributed by atoms with Gasteiger partial charge in [-0.1, -0.05) is 0 Å². The Morgan fingerprint density at radius 1 is 1.29 bits per heavy atom. The van der Waals surface area contributed by atoms with Crippen molar-refractivity contribution < 1.29 is 37.4 Å². The van der Waals surface area contributed by atoms with Crippen LogP contribution in [0.1, 0.15) is 0 Å². The van der Waals surface area contributed by atoms with E-state index in [1.165, 1.54) is 17.1 Å². The fourth-order valence-electron chi connectivity index (χ4n) is 3.32. The van der Waals surface area contributed by atoms with Crippen molar-refractivity contribution in [1.29, 1.82) is 0 Å². The number of carbonyl (C=O) groups is 3. The minimum Gasteiger partial charge on any atom is -0.442 e. The number of nitrogens with zero attached hydrogens (tertiary/aromatic N) is 3. The second-order valence-electron chi connectivity index (χ2n) is 6.90. The van der Waals surface area contributed by atoms with Gasteiger partial charge < -0.3 is 20.1 Å². The number of anilines is 2. The summed E-state index contributed by atoms with van der Waals surface area (Å²) in [5.41, 5.74) is 3.35. The van der Waals surface area contributed by atoms with Crippen LogP contribution >= 0.6 is 0 Å². The molecule has 0 aliphatic carbocycles. The van der Waals surface area contributed by atoms with Gasteiger partial charge in [0.15, 0.2) is 0 Å². The second kappa shape index (κ2) is 9.83. The molecular weight excluding hydrogens is 423 g/mol. The summed E-state index contributed by atoms with van der Waals surface area (Å²) in [4.78, 5) is 37.5. The van der Waals surface area contributed by atoms with Crippen LogP contribution in [-0.2, 0) is 14.3 Å². The summed E-state index contributed by atoms with van der Waals surface area (Å²) in [5.74, 6) is -2.54. The maximum Gasteiger partial charge on any atom is 0.414 e. The molecule has 1 aromatic rings. The number of rotatable bonds is 6. The van der Waals surface area contributed by atoms with Gasteiger partial charge >= 0.3 is 12.5 Å². The number of ether oxygens (including phenoxy) is 1. The molecule has 2 fully saturated rings. The Kier molecular flexibility index (Phi) is 7.17. The minimum absolute atomic E-state index is 0.0347. The molecule has 31 heavy (non-hydrogen) atoms. The van der Waals surface area contributed by atoms with Crippen molar-refractivity contribution in [1.82, 2.24) is 15.8 Å². The molecule has 2 aliphatic rings. The average Bonchev–Trinajstić information content (AvgIpc) is 2.95. The fraction of sp³-hybridized carbons (Fsp3) is 0.500. The molecule has 2 heterocycles. The molecule has 3 N–H and O–H groups in total. The molecule has 1 aromatic carbocycles. The third-order valence-electron chi connectivity index (χ3n) is 4.87. The Labute approximate surface area is 175 Å². The van der Waals surface area contributed by atoms with Gasteiger partial charge in [0, 0.05) is 19.6 Å². The summed E-state index contributed by atoms with van der Waals surface area (Å²) in [7, 11) is 0. The van der Waals surface area contributed by atoms with Crippen LogP contribution in [0.4, 0.5) is 29.3 Å². The molecule has 13 heteroatoms. The average molecular weight is 445 g/mol. The van der Waals surface area contributed by atoms with Crippen LogP contribution in [0.5, 0.6) is 0 Å². The summed E-state index contributed by atoms with van der Waals surface area (Å²) >= 11 is 0. The van der Waals surface area contributed by atoms with Crippen molar-refractivity contribution in [3.8, 4) is 0 Å². The van der Waals surface area contributed by atoms with Crippen LogP contribution < -0.4 is 20.5 Å². The van der Waals surface area contributed by atoms with E-state index in [-0.39, 0.29) is 31.0 Å². The van der Waals surface area contributed by atoms with Gasteiger partial charge in [0.25, 0.3) is 11.8 Å². The zero-order valence-corrected chi connectivity index (χ0v) is 16.4. The van der Waals surface area contributed by atoms with E-state index in [4.69, 9.17) is 9.84 Å². The minimum atomic E-state index is -3.17. The van der Waals surface area contributed by atoms with Crippen molar-refractivity contribution in [2.24, 2.45) is 0 Å². The summed E-state index contributed by atoms with van der Waals surface area (Å²) in [5, 5.41) is 12.2. The Bertz CT molecular complexity index is 843. The van der Waals surface area contributed by atoms with Crippen LogP contribution in [0, 0.1) is 5.82 Å². The maximum absolute atomic E-state index is 14.8. The first-order valence-corrected chi connectivity index (χ1v) is 9.53. The first-order valence-electron chi connectivity index (χ1n) is 9.53. The highest BCUT2D eigenvalue weighted by Crippen LogP contribution is 2.28. The van der Waals surface area contributed by atoms with Gasteiger partial charge in [-0.3, -0.25) is 19.5 Å². The van der Waals surface area contributed by atoms with E-state index in [0.29, 0.717) is 19.6 Å². The van der Waals surface area contributed by atoms with Crippen molar-refractivity contribution in [3.63, 3.8) is 0 Å². The molecule has 10 nitrogen and oxygen atoms in total. The van der Waals surface area contributed by atoms with Crippen LogP contribution in [-0.4, -0.2) is 86.4 Å². The van der Waals surface area contributed by atoms with E-state index >= 15 is 0 Å². The zero-order chi connectivity index (χ0) is 22.5. The summed E-state index contributed by atoms with van der Waals surface area (Å²) < 4.78 is 44.3. The predicted molar refractivity (Wildman–Crippen MR) is 102 cm³/mol. The number of aliphatic hydroxyl groups is 1. The molecule has 0 bridgehead atoms. The molecular formula is C18H22F3N5O5. The first kappa shape index (κ1) is 22.6. The number of nitrogens with one attached hydrogen (secondary N) is 2. The van der Waals surface area contributed by atoms with E-state index in [1.807, 2.05) is 5.32 Å². The normalized spacial score (nSPS) is 19.5. The number of hydrogen-bond donors (Lipinski definition) is 3. The number of hydrazine groups is 1. The first-order chi connectivity index (χ1) is 14.8. The molecule has 3 rings (SSSR count). The number of amides is 3. The molecule has 170 valence electrons. The number of halogens is 3. The maximum atomic E-state index is 14.8. The molecule has 2 saturated heterocycles. The lowest BCUT2D eigenvalue weighted by Crippen LogP contribution is -2.45. The van der Waals surface area contributed by atoms with Gasteiger partial charge in [0.2, 0.25) is 0 Å². The molecule has 0 radical (unpaired) electrons. The molecule has 1 atom stereocenters. The van der Waals surface area contributed by atoms with E-state index in [9.17, 15) is 27.6 Å². The van der Waals surface area contributed by atoms with Crippen LogP contribution in [0.15, 0.2) is 18.2 Å². The third kappa shape index (κ3) is 5.35.